The fourth-order valence-electron chi connectivity index (χ4n) is 2.97. The molecular formula is C18H17ClFN3O3. The third-order valence-corrected chi connectivity index (χ3v) is 4.47. The van der Waals surface area contributed by atoms with Crippen LogP contribution in [0.25, 0.3) is 0 Å². The number of likely N-dealkylation sites (tertiary alicyclic amines) is 1. The van der Waals surface area contributed by atoms with E-state index >= 15 is 0 Å². The van der Waals surface area contributed by atoms with Crippen molar-refractivity contribution in [3.63, 3.8) is 0 Å². The van der Waals surface area contributed by atoms with Gasteiger partial charge in [-0.1, -0.05) is 11.6 Å². The molecule has 1 aromatic carbocycles. The predicted octanol–water partition coefficient (Wildman–Crippen LogP) is 2.66. The Hall–Kier alpha value is -2.67. The van der Waals surface area contributed by atoms with Gasteiger partial charge in [-0.15, -0.1) is 0 Å². The van der Waals surface area contributed by atoms with Gasteiger partial charge in [-0.05, 0) is 43.2 Å². The zero-order valence-corrected chi connectivity index (χ0v) is 14.6. The minimum Gasteiger partial charge on any atom is -0.489 e. The monoisotopic (exact) mass is 377 g/mol. The van der Waals surface area contributed by atoms with Gasteiger partial charge in [0.15, 0.2) is 11.4 Å². The van der Waals surface area contributed by atoms with Gasteiger partial charge in [0.1, 0.15) is 12.4 Å². The quantitative estimate of drug-likeness (QED) is 0.868. The molecule has 0 spiro atoms. The van der Waals surface area contributed by atoms with Crippen molar-refractivity contribution < 1.29 is 18.7 Å². The minimum absolute atomic E-state index is 0.0273. The van der Waals surface area contributed by atoms with E-state index < -0.39 is 17.6 Å². The Morgan fingerprint density at radius 2 is 2.19 bits per heavy atom. The molecule has 1 aliphatic rings. The molecule has 136 valence electrons. The Morgan fingerprint density at radius 1 is 1.38 bits per heavy atom. The van der Waals surface area contributed by atoms with Crippen molar-refractivity contribution >= 4 is 23.4 Å². The molecule has 1 aromatic heterocycles. The Morgan fingerprint density at radius 3 is 2.92 bits per heavy atom. The number of aromatic nitrogens is 1. The lowest BCUT2D eigenvalue weighted by Crippen LogP contribution is -2.39. The average molecular weight is 378 g/mol. The highest BCUT2D eigenvalue weighted by Crippen LogP contribution is 2.24. The third-order valence-electron chi connectivity index (χ3n) is 4.23. The summed E-state index contributed by atoms with van der Waals surface area (Å²) in [6.07, 6.45) is 2.94. The van der Waals surface area contributed by atoms with Crippen LogP contribution < -0.4 is 10.5 Å². The number of halogens is 2. The summed E-state index contributed by atoms with van der Waals surface area (Å²) in [6.45, 7) is 0.664. The maximum atomic E-state index is 14.1. The van der Waals surface area contributed by atoms with Crippen LogP contribution in [-0.2, 0) is 0 Å². The van der Waals surface area contributed by atoms with Crippen LogP contribution in [0.15, 0.2) is 36.5 Å². The standard InChI is InChI=1S/C18H17ClFN3O3/c19-11-5-6-13(14(20)9-11)18(25)23-8-2-3-12(23)10-26-15-4-1-7-22-16(15)17(21)24/h1,4-7,9,12H,2-3,8,10H2,(H2,21,24). The molecule has 1 aliphatic heterocycles. The normalized spacial score (nSPS) is 16.5. The third kappa shape index (κ3) is 3.77. The highest BCUT2D eigenvalue weighted by molar-refractivity contribution is 6.30. The molecule has 0 bridgehead atoms. The van der Waals surface area contributed by atoms with E-state index in [0.717, 1.165) is 12.5 Å². The fourth-order valence-corrected chi connectivity index (χ4v) is 3.13. The first-order valence-electron chi connectivity index (χ1n) is 8.11. The minimum atomic E-state index is -0.691. The number of amides is 2. The van der Waals surface area contributed by atoms with Crippen LogP contribution >= 0.6 is 11.6 Å². The predicted molar refractivity (Wildman–Crippen MR) is 93.7 cm³/mol. The largest absolute Gasteiger partial charge is 0.489 e. The fraction of sp³-hybridized carbons (Fsp3) is 0.278. The van der Waals surface area contributed by atoms with E-state index in [1.54, 1.807) is 17.0 Å². The summed E-state index contributed by atoms with van der Waals surface area (Å²) in [5.74, 6) is -1.50. The maximum Gasteiger partial charge on any atom is 0.271 e. The number of carbonyl (C=O) groups excluding carboxylic acids is 2. The van der Waals surface area contributed by atoms with Gasteiger partial charge in [-0.25, -0.2) is 9.37 Å². The van der Waals surface area contributed by atoms with E-state index in [1.165, 1.54) is 18.3 Å². The molecule has 1 saturated heterocycles. The van der Waals surface area contributed by atoms with E-state index in [4.69, 9.17) is 22.1 Å². The second-order valence-corrected chi connectivity index (χ2v) is 6.38. The Labute approximate surface area is 154 Å². The van der Waals surface area contributed by atoms with Gasteiger partial charge in [-0.3, -0.25) is 9.59 Å². The lowest BCUT2D eigenvalue weighted by atomic mass is 10.1. The molecule has 2 aromatic rings. The summed E-state index contributed by atoms with van der Waals surface area (Å²) in [4.78, 5) is 29.6. The van der Waals surface area contributed by atoms with Crippen molar-refractivity contribution in [1.82, 2.24) is 9.88 Å². The van der Waals surface area contributed by atoms with Gasteiger partial charge in [0.2, 0.25) is 0 Å². The van der Waals surface area contributed by atoms with Gasteiger partial charge in [0.25, 0.3) is 11.8 Å². The smallest absolute Gasteiger partial charge is 0.271 e. The Balaban J connectivity index is 1.73. The molecule has 0 radical (unpaired) electrons. The highest BCUT2D eigenvalue weighted by Gasteiger charge is 2.31. The molecule has 2 amide bonds. The van der Waals surface area contributed by atoms with Gasteiger partial charge >= 0.3 is 0 Å². The molecule has 3 rings (SSSR count). The molecule has 6 nitrogen and oxygen atoms in total. The van der Waals surface area contributed by atoms with Crippen LogP contribution in [0.4, 0.5) is 4.39 Å². The Bertz CT molecular complexity index is 846. The summed E-state index contributed by atoms with van der Waals surface area (Å²) in [5.41, 5.74) is 5.29. The van der Waals surface area contributed by atoms with Crippen LogP contribution in [0, 0.1) is 5.82 Å². The van der Waals surface area contributed by atoms with Crippen LogP contribution in [-0.4, -0.2) is 40.9 Å². The highest BCUT2D eigenvalue weighted by atomic mass is 35.5. The van der Waals surface area contributed by atoms with E-state index in [9.17, 15) is 14.0 Å². The average Bonchev–Trinajstić information content (AvgIpc) is 3.08. The van der Waals surface area contributed by atoms with E-state index in [0.29, 0.717) is 13.0 Å². The number of primary amides is 1. The summed E-state index contributed by atoms with van der Waals surface area (Å²) in [5, 5.41) is 0.232. The van der Waals surface area contributed by atoms with Gasteiger partial charge in [-0.2, -0.15) is 0 Å². The SMILES string of the molecule is NC(=O)c1ncccc1OCC1CCCN1C(=O)c1ccc(Cl)cc1F. The van der Waals surface area contributed by atoms with Crippen LogP contribution in [0.5, 0.6) is 5.75 Å². The number of carbonyl (C=O) groups is 2. The number of nitrogens with two attached hydrogens (primary N) is 1. The molecule has 8 heteroatoms. The van der Waals surface area contributed by atoms with Crippen LogP contribution in [0.2, 0.25) is 5.02 Å². The molecule has 1 fully saturated rings. The first-order valence-corrected chi connectivity index (χ1v) is 8.49. The maximum absolute atomic E-state index is 14.1. The van der Waals surface area contributed by atoms with Crippen molar-refractivity contribution in [2.45, 2.75) is 18.9 Å². The first kappa shape index (κ1) is 18.1. The van der Waals surface area contributed by atoms with Crippen molar-refractivity contribution in [3.05, 3.63) is 58.6 Å². The summed E-state index contributed by atoms with van der Waals surface area (Å²) < 4.78 is 19.7. The molecule has 2 heterocycles. The first-order chi connectivity index (χ1) is 12.5. The number of pyridine rings is 1. The number of hydrogen-bond donors (Lipinski definition) is 1. The topological polar surface area (TPSA) is 85.5 Å². The van der Waals surface area contributed by atoms with Crippen molar-refractivity contribution in [2.24, 2.45) is 5.73 Å². The number of rotatable bonds is 5. The van der Waals surface area contributed by atoms with E-state index in [2.05, 4.69) is 4.98 Å². The van der Waals surface area contributed by atoms with Crippen molar-refractivity contribution in [1.29, 1.82) is 0 Å². The second kappa shape index (κ2) is 7.70. The van der Waals surface area contributed by atoms with Gasteiger partial charge in [0, 0.05) is 17.8 Å². The van der Waals surface area contributed by atoms with Gasteiger partial charge < -0.3 is 15.4 Å². The zero-order valence-electron chi connectivity index (χ0n) is 13.8. The number of benzene rings is 1. The van der Waals surface area contributed by atoms with Crippen molar-refractivity contribution in [2.75, 3.05) is 13.2 Å². The number of ether oxygens (including phenoxy) is 1. The van der Waals surface area contributed by atoms with Gasteiger partial charge in [0.05, 0.1) is 11.6 Å². The lowest BCUT2D eigenvalue weighted by molar-refractivity contribution is 0.0684. The molecule has 0 saturated carbocycles. The number of hydrogen-bond acceptors (Lipinski definition) is 4. The molecule has 1 atom stereocenters. The number of nitrogens with zero attached hydrogens (tertiary/aromatic N) is 2. The molecule has 0 aliphatic carbocycles. The van der Waals surface area contributed by atoms with E-state index in [-0.39, 0.29) is 34.7 Å². The Kier molecular flexibility index (Phi) is 5.37. The van der Waals surface area contributed by atoms with Crippen LogP contribution in [0.3, 0.4) is 0 Å². The second-order valence-electron chi connectivity index (χ2n) is 5.94. The van der Waals surface area contributed by atoms with Crippen molar-refractivity contribution in [3.8, 4) is 5.75 Å². The lowest BCUT2D eigenvalue weighted by Gasteiger charge is -2.25. The van der Waals surface area contributed by atoms with E-state index in [1.807, 2.05) is 0 Å². The molecular weight excluding hydrogens is 361 g/mol. The molecule has 2 N–H and O–H groups in total. The zero-order chi connectivity index (χ0) is 18.7. The van der Waals surface area contributed by atoms with Crippen LogP contribution in [0.1, 0.15) is 33.7 Å². The summed E-state index contributed by atoms with van der Waals surface area (Å²) in [6, 6.07) is 6.95. The summed E-state index contributed by atoms with van der Waals surface area (Å²) in [7, 11) is 0. The molecule has 26 heavy (non-hydrogen) atoms. The summed E-state index contributed by atoms with van der Waals surface area (Å²) >= 11 is 5.74. The molecule has 1 unspecified atom stereocenters.